The van der Waals surface area contributed by atoms with Crippen LogP contribution in [0.4, 0.5) is 5.13 Å². The second-order valence-corrected chi connectivity index (χ2v) is 6.01. The molecule has 18 heavy (non-hydrogen) atoms. The van der Waals surface area contributed by atoms with E-state index in [0.29, 0.717) is 11.7 Å². The molecule has 4 nitrogen and oxygen atoms in total. The van der Waals surface area contributed by atoms with Gasteiger partial charge in [0.05, 0.1) is 5.69 Å². The highest BCUT2D eigenvalue weighted by Crippen LogP contribution is 2.27. The summed E-state index contributed by atoms with van der Waals surface area (Å²) in [5.74, 6) is -0.849. The summed E-state index contributed by atoms with van der Waals surface area (Å²) in [5.41, 5.74) is -0.312. The zero-order valence-corrected chi connectivity index (χ0v) is 12.3. The number of carboxylic acid groups (broad SMARTS) is 1. The normalized spacial score (nSPS) is 13.3. The van der Waals surface area contributed by atoms with Gasteiger partial charge in [0.2, 0.25) is 0 Å². The Kier molecular flexibility index (Phi) is 5.14. The molecule has 0 aromatic carbocycles. The molecule has 1 aromatic rings. The Hall–Kier alpha value is -1.10. The summed E-state index contributed by atoms with van der Waals surface area (Å²) in [6.07, 6.45) is 3.47. The minimum absolute atomic E-state index is 0.372. The Morgan fingerprint density at radius 1 is 1.61 bits per heavy atom. The van der Waals surface area contributed by atoms with E-state index in [1.807, 2.05) is 5.38 Å². The molecule has 0 aliphatic heterocycles. The molecule has 1 atom stereocenters. The molecule has 1 heterocycles. The van der Waals surface area contributed by atoms with Crippen LogP contribution in [-0.4, -0.2) is 22.1 Å². The lowest BCUT2D eigenvalue weighted by molar-refractivity contribution is -0.142. The number of unbranched alkanes of at least 4 members (excludes halogenated alkanes) is 1. The minimum atomic E-state index is -0.927. The zero-order chi connectivity index (χ0) is 13.8. The van der Waals surface area contributed by atoms with Crippen LogP contribution in [-0.2, 0) is 10.2 Å². The van der Waals surface area contributed by atoms with Crippen LogP contribution in [0.2, 0.25) is 0 Å². The van der Waals surface area contributed by atoms with Crippen LogP contribution in [0.15, 0.2) is 5.38 Å². The summed E-state index contributed by atoms with van der Waals surface area (Å²) in [6.45, 7) is 7.64. The van der Waals surface area contributed by atoms with Crippen LogP contribution in [0.3, 0.4) is 0 Å². The fourth-order valence-corrected chi connectivity index (χ4v) is 2.52. The molecule has 0 aliphatic carbocycles. The fraction of sp³-hybridized carbons (Fsp3) is 0.692. The number of hydrogen-bond acceptors (Lipinski definition) is 4. The van der Waals surface area contributed by atoms with Crippen molar-refractivity contribution >= 4 is 22.4 Å². The van der Waals surface area contributed by atoms with Crippen molar-refractivity contribution in [2.24, 2.45) is 0 Å². The topological polar surface area (TPSA) is 62.2 Å². The van der Waals surface area contributed by atoms with Crippen LogP contribution in [0.1, 0.15) is 52.7 Å². The Balaban J connectivity index is 2.66. The molecule has 0 radical (unpaired) electrons. The second-order valence-electron chi connectivity index (χ2n) is 5.16. The molecule has 0 amide bonds. The van der Waals surface area contributed by atoms with Crippen molar-refractivity contribution in [1.82, 2.24) is 4.98 Å². The number of aromatic nitrogens is 1. The molecule has 0 fully saturated rings. The molecule has 0 aliphatic rings. The molecule has 1 unspecified atom stereocenters. The average Bonchev–Trinajstić information content (AvgIpc) is 2.75. The van der Waals surface area contributed by atoms with Crippen LogP contribution < -0.4 is 5.32 Å². The highest BCUT2D eigenvalue weighted by Gasteiger charge is 2.32. The first-order valence-corrected chi connectivity index (χ1v) is 7.21. The van der Waals surface area contributed by atoms with E-state index < -0.39 is 11.4 Å². The Morgan fingerprint density at radius 3 is 2.83 bits per heavy atom. The van der Waals surface area contributed by atoms with Crippen molar-refractivity contribution in [3.05, 3.63) is 11.1 Å². The third-order valence-corrected chi connectivity index (χ3v) is 3.81. The molecule has 0 spiro atoms. The molecule has 1 aromatic heterocycles. The van der Waals surface area contributed by atoms with Crippen molar-refractivity contribution in [2.45, 2.75) is 58.4 Å². The van der Waals surface area contributed by atoms with Gasteiger partial charge >= 0.3 is 5.97 Å². The standard InChI is InChI=1S/C13H22N2O2S/c1-5-6-7-9(2)14-12-15-10(8-18-12)13(3,4)11(16)17/h8-9H,5-7H2,1-4H3,(H,14,15)(H,16,17). The Morgan fingerprint density at radius 2 is 2.28 bits per heavy atom. The highest BCUT2D eigenvalue weighted by molar-refractivity contribution is 7.13. The van der Waals surface area contributed by atoms with Crippen LogP contribution >= 0.6 is 11.3 Å². The molecule has 5 heteroatoms. The number of anilines is 1. The number of nitrogens with one attached hydrogen (secondary N) is 1. The maximum absolute atomic E-state index is 11.1. The molecule has 2 N–H and O–H groups in total. The van der Waals surface area contributed by atoms with E-state index >= 15 is 0 Å². The van der Waals surface area contributed by atoms with Crippen LogP contribution in [0.25, 0.3) is 0 Å². The first-order valence-electron chi connectivity index (χ1n) is 6.33. The lowest BCUT2D eigenvalue weighted by Crippen LogP contribution is -2.29. The monoisotopic (exact) mass is 270 g/mol. The van der Waals surface area contributed by atoms with Gasteiger partial charge in [0, 0.05) is 11.4 Å². The predicted octanol–water partition coefficient (Wildman–Crippen LogP) is 3.50. The smallest absolute Gasteiger partial charge is 0.315 e. The number of nitrogens with zero attached hydrogens (tertiary/aromatic N) is 1. The number of carbonyl (C=O) groups is 1. The Bertz CT molecular complexity index is 401. The molecular weight excluding hydrogens is 248 g/mol. The zero-order valence-electron chi connectivity index (χ0n) is 11.5. The van der Waals surface area contributed by atoms with E-state index in [2.05, 4.69) is 24.1 Å². The molecule has 102 valence electrons. The van der Waals surface area contributed by atoms with Crippen molar-refractivity contribution in [3.63, 3.8) is 0 Å². The van der Waals surface area contributed by atoms with E-state index in [9.17, 15) is 4.79 Å². The van der Waals surface area contributed by atoms with Gasteiger partial charge in [-0.1, -0.05) is 19.8 Å². The van der Waals surface area contributed by atoms with Crippen molar-refractivity contribution in [3.8, 4) is 0 Å². The van der Waals surface area contributed by atoms with Gasteiger partial charge in [0.15, 0.2) is 5.13 Å². The summed E-state index contributed by atoms with van der Waals surface area (Å²) >= 11 is 1.47. The summed E-state index contributed by atoms with van der Waals surface area (Å²) in [4.78, 5) is 15.5. The van der Waals surface area contributed by atoms with E-state index in [4.69, 9.17) is 5.11 Å². The quantitative estimate of drug-likeness (QED) is 0.796. The van der Waals surface area contributed by atoms with Gasteiger partial charge < -0.3 is 10.4 Å². The van der Waals surface area contributed by atoms with E-state index in [0.717, 1.165) is 11.6 Å². The third kappa shape index (κ3) is 3.70. The molecule has 1 rings (SSSR count). The fourth-order valence-electron chi connectivity index (χ4n) is 1.53. The van der Waals surface area contributed by atoms with Crippen LogP contribution in [0, 0.1) is 0 Å². The molecule has 0 saturated carbocycles. The number of hydrogen-bond donors (Lipinski definition) is 2. The van der Waals surface area contributed by atoms with Gasteiger partial charge in [-0.25, -0.2) is 4.98 Å². The number of rotatable bonds is 7. The summed E-state index contributed by atoms with van der Waals surface area (Å²) in [5, 5.41) is 15.1. The first-order chi connectivity index (χ1) is 8.37. The van der Waals surface area contributed by atoms with Crippen molar-refractivity contribution in [1.29, 1.82) is 0 Å². The minimum Gasteiger partial charge on any atom is -0.481 e. The van der Waals surface area contributed by atoms with Gasteiger partial charge in [0.25, 0.3) is 0 Å². The van der Waals surface area contributed by atoms with Crippen molar-refractivity contribution < 1.29 is 9.90 Å². The van der Waals surface area contributed by atoms with Crippen molar-refractivity contribution in [2.75, 3.05) is 5.32 Å². The van der Waals surface area contributed by atoms with E-state index in [1.165, 1.54) is 24.2 Å². The van der Waals surface area contributed by atoms with E-state index in [1.54, 1.807) is 13.8 Å². The molecular formula is C13H22N2O2S. The maximum Gasteiger partial charge on any atom is 0.315 e. The first kappa shape index (κ1) is 15.0. The molecule has 0 bridgehead atoms. The van der Waals surface area contributed by atoms with E-state index in [-0.39, 0.29) is 0 Å². The second kappa shape index (κ2) is 6.18. The van der Waals surface area contributed by atoms with Gasteiger partial charge in [-0.3, -0.25) is 4.79 Å². The SMILES string of the molecule is CCCCC(C)Nc1nc(C(C)(C)C(=O)O)cs1. The predicted molar refractivity (Wildman–Crippen MR) is 75.4 cm³/mol. The summed E-state index contributed by atoms with van der Waals surface area (Å²) in [6, 6.07) is 0.372. The van der Waals surface area contributed by atoms with Crippen LogP contribution in [0.5, 0.6) is 0 Å². The Labute approximate surface area is 112 Å². The third-order valence-electron chi connectivity index (χ3n) is 3.04. The van der Waals surface area contributed by atoms with Gasteiger partial charge in [0.1, 0.15) is 5.41 Å². The van der Waals surface area contributed by atoms with Gasteiger partial charge in [-0.2, -0.15) is 0 Å². The maximum atomic E-state index is 11.1. The highest BCUT2D eigenvalue weighted by atomic mass is 32.1. The largest absolute Gasteiger partial charge is 0.481 e. The molecule has 0 saturated heterocycles. The number of carboxylic acids is 1. The lowest BCUT2D eigenvalue weighted by Gasteiger charge is -2.16. The number of aliphatic carboxylic acids is 1. The number of thiazole rings is 1. The summed E-state index contributed by atoms with van der Waals surface area (Å²) in [7, 11) is 0. The summed E-state index contributed by atoms with van der Waals surface area (Å²) < 4.78 is 0. The average molecular weight is 270 g/mol. The lowest BCUT2D eigenvalue weighted by atomic mass is 9.90. The van der Waals surface area contributed by atoms with Gasteiger partial charge in [-0.05, 0) is 27.2 Å². The van der Waals surface area contributed by atoms with Gasteiger partial charge in [-0.15, -0.1) is 11.3 Å².